The van der Waals surface area contributed by atoms with Crippen LogP contribution in [0.4, 0.5) is 4.39 Å². The molecule has 14 heavy (non-hydrogen) atoms. The third-order valence-corrected chi connectivity index (χ3v) is 2.53. The third kappa shape index (κ3) is 4.48. The first kappa shape index (κ1) is 11.3. The van der Waals surface area contributed by atoms with Gasteiger partial charge >= 0.3 is 0 Å². The van der Waals surface area contributed by atoms with Crippen LogP contribution in [0, 0.1) is 5.82 Å². The Balaban J connectivity index is 2.18. The fourth-order valence-electron chi connectivity index (χ4n) is 0.961. The molecule has 0 aliphatic carbocycles. The van der Waals surface area contributed by atoms with Crippen molar-refractivity contribution in [2.75, 3.05) is 24.7 Å². The highest BCUT2D eigenvalue weighted by molar-refractivity contribution is 7.99. The van der Waals surface area contributed by atoms with Crippen molar-refractivity contribution in [2.45, 2.75) is 0 Å². The summed E-state index contributed by atoms with van der Waals surface area (Å²) in [4.78, 5) is 0. The van der Waals surface area contributed by atoms with Crippen molar-refractivity contribution in [3.8, 4) is 5.75 Å². The third-order valence-electron chi connectivity index (χ3n) is 1.55. The molecule has 0 atom stereocenters. The van der Waals surface area contributed by atoms with Gasteiger partial charge in [-0.1, -0.05) is 6.07 Å². The van der Waals surface area contributed by atoms with Crippen LogP contribution in [0.3, 0.4) is 0 Å². The van der Waals surface area contributed by atoms with Crippen molar-refractivity contribution in [1.82, 2.24) is 0 Å². The van der Waals surface area contributed by atoms with Gasteiger partial charge < -0.3 is 10.5 Å². The van der Waals surface area contributed by atoms with Crippen molar-refractivity contribution < 1.29 is 9.13 Å². The number of hydrogen-bond acceptors (Lipinski definition) is 3. The Morgan fingerprint density at radius 1 is 1.36 bits per heavy atom. The Bertz CT molecular complexity index is 270. The van der Waals surface area contributed by atoms with Gasteiger partial charge in [-0.3, -0.25) is 0 Å². The Morgan fingerprint density at radius 2 is 2.21 bits per heavy atom. The molecular formula is C10H14FNOS. The number of ether oxygens (including phenoxy) is 1. The van der Waals surface area contributed by atoms with E-state index in [9.17, 15) is 4.39 Å². The number of nitrogens with two attached hydrogens (primary N) is 1. The van der Waals surface area contributed by atoms with Crippen molar-refractivity contribution in [2.24, 2.45) is 5.73 Å². The van der Waals surface area contributed by atoms with E-state index in [4.69, 9.17) is 10.5 Å². The highest BCUT2D eigenvalue weighted by Gasteiger charge is 1.95. The average Bonchev–Trinajstić information content (AvgIpc) is 2.18. The zero-order valence-electron chi connectivity index (χ0n) is 7.91. The summed E-state index contributed by atoms with van der Waals surface area (Å²) in [5.74, 6) is 2.13. The van der Waals surface area contributed by atoms with Crippen LogP contribution in [0.25, 0.3) is 0 Å². The molecule has 2 N–H and O–H groups in total. The van der Waals surface area contributed by atoms with Crippen LogP contribution in [-0.4, -0.2) is 24.7 Å². The van der Waals surface area contributed by atoms with Gasteiger partial charge in [-0.2, -0.15) is 11.8 Å². The van der Waals surface area contributed by atoms with Crippen LogP contribution in [-0.2, 0) is 0 Å². The van der Waals surface area contributed by atoms with Crippen molar-refractivity contribution in [3.05, 3.63) is 30.1 Å². The summed E-state index contributed by atoms with van der Waals surface area (Å²) in [7, 11) is 0. The number of rotatable bonds is 6. The molecule has 0 aromatic heterocycles. The second kappa shape index (κ2) is 6.68. The largest absolute Gasteiger partial charge is 0.493 e. The molecular weight excluding hydrogens is 201 g/mol. The SMILES string of the molecule is NCCSCCOc1cccc(F)c1. The standard InChI is InChI=1S/C10H14FNOS/c11-9-2-1-3-10(8-9)13-5-7-14-6-4-12/h1-3,8H,4-7,12H2. The number of thioether (sulfide) groups is 1. The highest BCUT2D eigenvalue weighted by atomic mass is 32.2. The van der Waals surface area contributed by atoms with Crippen LogP contribution in [0.1, 0.15) is 0 Å². The molecule has 0 radical (unpaired) electrons. The Kier molecular flexibility index (Phi) is 5.40. The molecule has 0 aliphatic rings. The molecule has 0 saturated heterocycles. The molecule has 0 fully saturated rings. The molecule has 1 rings (SSSR count). The summed E-state index contributed by atoms with van der Waals surface area (Å²) < 4.78 is 18.0. The van der Waals surface area contributed by atoms with Gasteiger partial charge in [0.25, 0.3) is 0 Å². The van der Waals surface area contributed by atoms with Gasteiger partial charge in [0.1, 0.15) is 11.6 Å². The van der Waals surface area contributed by atoms with E-state index in [-0.39, 0.29) is 5.82 Å². The molecule has 78 valence electrons. The second-order valence-corrected chi connectivity index (χ2v) is 3.93. The summed E-state index contributed by atoms with van der Waals surface area (Å²) >= 11 is 1.73. The van der Waals surface area contributed by atoms with Crippen LogP contribution >= 0.6 is 11.8 Å². The van der Waals surface area contributed by atoms with E-state index in [1.54, 1.807) is 23.9 Å². The number of hydrogen-bond donors (Lipinski definition) is 1. The van der Waals surface area contributed by atoms with E-state index < -0.39 is 0 Å². The summed E-state index contributed by atoms with van der Waals surface area (Å²) in [5, 5.41) is 0. The zero-order valence-corrected chi connectivity index (χ0v) is 8.73. The summed E-state index contributed by atoms with van der Waals surface area (Å²) in [6.45, 7) is 1.28. The van der Waals surface area contributed by atoms with Crippen LogP contribution in [0.15, 0.2) is 24.3 Å². The van der Waals surface area contributed by atoms with Crippen LogP contribution in [0.5, 0.6) is 5.75 Å². The maximum atomic E-state index is 12.7. The first-order valence-corrected chi connectivity index (χ1v) is 5.64. The highest BCUT2D eigenvalue weighted by Crippen LogP contribution is 2.12. The van der Waals surface area contributed by atoms with Gasteiger partial charge in [0.05, 0.1) is 6.61 Å². The smallest absolute Gasteiger partial charge is 0.126 e. The lowest BCUT2D eigenvalue weighted by Gasteiger charge is -2.05. The number of benzene rings is 1. The van der Waals surface area contributed by atoms with E-state index in [0.717, 1.165) is 11.5 Å². The van der Waals surface area contributed by atoms with Crippen LogP contribution in [0.2, 0.25) is 0 Å². The van der Waals surface area contributed by atoms with Gasteiger partial charge in [0.15, 0.2) is 0 Å². The maximum Gasteiger partial charge on any atom is 0.126 e. The van der Waals surface area contributed by atoms with E-state index >= 15 is 0 Å². The first-order valence-electron chi connectivity index (χ1n) is 4.49. The molecule has 0 bridgehead atoms. The molecule has 0 spiro atoms. The summed E-state index contributed by atoms with van der Waals surface area (Å²) in [5.41, 5.74) is 5.33. The van der Waals surface area contributed by atoms with Crippen LogP contribution < -0.4 is 10.5 Å². The van der Waals surface area contributed by atoms with Crippen molar-refractivity contribution in [3.63, 3.8) is 0 Å². The molecule has 0 heterocycles. The fraction of sp³-hybridized carbons (Fsp3) is 0.400. The predicted molar refractivity (Wildman–Crippen MR) is 58.3 cm³/mol. The minimum absolute atomic E-state index is 0.267. The fourth-order valence-corrected chi connectivity index (χ4v) is 1.53. The quantitative estimate of drug-likeness (QED) is 0.736. The minimum atomic E-state index is -0.267. The van der Waals surface area contributed by atoms with E-state index in [1.165, 1.54) is 12.1 Å². The van der Waals surface area contributed by atoms with E-state index in [2.05, 4.69) is 0 Å². The Hall–Kier alpha value is -0.740. The zero-order chi connectivity index (χ0) is 10.2. The predicted octanol–water partition coefficient (Wildman–Crippen LogP) is 1.90. The summed E-state index contributed by atoms with van der Waals surface area (Å²) in [6, 6.07) is 6.16. The van der Waals surface area contributed by atoms with Gasteiger partial charge in [-0.05, 0) is 12.1 Å². The molecule has 0 amide bonds. The van der Waals surface area contributed by atoms with E-state index in [1.807, 2.05) is 0 Å². The van der Waals surface area contributed by atoms with Gasteiger partial charge in [0.2, 0.25) is 0 Å². The second-order valence-electron chi connectivity index (χ2n) is 2.71. The van der Waals surface area contributed by atoms with Crippen molar-refractivity contribution in [1.29, 1.82) is 0 Å². The number of halogens is 1. The first-order chi connectivity index (χ1) is 6.83. The lowest BCUT2D eigenvalue weighted by molar-refractivity contribution is 0.342. The Morgan fingerprint density at radius 3 is 2.93 bits per heavy atom. The molecule has 1 aromatic carbocycles. The monoisotopic (exact) mass is 215 g/mol. The molecule has 0 aliphatic heterocycles. The molecule has 1 aromatic rings. The van der Waals surface area contributed by atoms with Gasteiger partial charge in [-0.15, -0.1) is 0 Å². The van der Waals surface area contributed by atoms with E-state index in [0.29, 0.717) is 18.9 Å². The normalized spacial score (nSPS) is 10.1. The molecule has 0 saturated carbocycles. The minimum Gasteiger partial charge on any atom is -0.493 e. The maximum absolute atomic E-state index is 12.7. The molecule has 4 heteroatoms. The van der Waals surface area contributed by atoms with Crippen molar-refractivity contribution >= 4 is 11.8 Å². The van der Waals surface area contributed by atoms with Gasteiger partial charge in [-0.25, -0.2) is 4.39 Å². The summed E-state index contributed by atoms with van der Waals surface area (Å²) in [6.07, 6.45) is 0. The average molecular weight is 215 g/mol. The molecule has 0 unspecified atom stereocenters. The lowest BCUT2D eigenvalue weighted by Crippen LogP contribution is -2.05. The van der Waals surface area contributed by atoms with Gasteiger partial charge in [0, 0.05) is 24.1 Å². The molecule has 2 nitrogen and oxygen atoms in total. The lowest BCUT2D eigenvalue weighted by atomic mass is 10.3. The topological polar surface area (TPSA) is 35.2 Å². The Labute approximate surface area is 87.6 Å².